The number of aryl methyl sites for hydroxylation is 3. The Labute approximate surface area is 202 Å². The lowest BCUT2D eigenvalue weighted by atomic mass is 9.30. The van der Waals surface area contributed by atoms with Crippen LogP contribution in [0.3, 0.4) is 0 Å². The van der Waals surface area contributed by atoms with Crippen molar-refractivity contribution < 1.29 is 0 Å². The van der Waals surface area contributed by atoms with Crippen LogP contribution in [0.25, 0.3) is 0 Å². The molecule has 6 rings (SSSR count). The number of anilines is 3. The highest BCUT2D eigenvalue weighted by atomic mass is 15.1. The van der Waals surface area contributed by atoms with E-state index in [1.165, 1.54) is 61.3 Å². The molecular weight excluding hydrogens is 411 g/mol. The third-order valence-corrected chi connectivity index (χ3v) is 7.78. The molecule has 2 aliphatic heterocycles. The Bertz CT molecular complexity index is 1520. The van der Waals surface area contributed by atoms with Crippen molar-refractivity contribution in [2.75, 3.05) is 4.90 Å². The van der Waals surface area contributed by atoms with Crippen molar-refractivity contribution in [3.8, 4) is 6.07 Å². The molecule has 2 aliphatic rings. The van der Waals surface area contributed by atoms with E-state index in [1.807, 2.05) is 6.07 Å². The van der Waals surface area contributed by atoms with Crippen LogP contribution >= 0.6 is 0 Å². The second-order valence-corrected chi connectivity index (χ2v) is 10.4. The Morgan fingerprint density at radius 2 is 1.47 bits per heavy atom. The summed E-state index contributed by atoms with van der Waals surface area (Å²) in [4.78, 5) is 2.44. The smallest absolute Gasteiger partial charge is 0.247 e. The van der Waals surface area contributed by atoms with E-state index >= 15 is 0 Å². The van der Waals surface area contributed by atoms with Gasteiger partial charge < -0.3 is 4.90 Å². The van der Waals surface area contributed by atoms with Gasteiger partial charge in [0.25, 0.3) is 0 Å². The summed E-state index contributed by atoms with van der Waals surface area (Å²) >= 11 is 0. The maximum absolute atomic E-state index is 9.66. The van der Waals surface area contributed by atoms with Crippen LogP contribution in [0.2, 0.25) is 0 Å². The second-order valence-electron chi connectivity index (χ2n) is 10.4. The van der Waals surface area contributed by atoms with E-state index in [0.29, 0.717) is 0 Å². The van der Waals surface area contributed by atoms with E-state index in [1.54, 1.807) is 0 Å². The van der Waals surface area contributed by atoms with Crippen LogP contribution in [-0.2, 0) is 5.41 Å². The molecule has 2 nitrogen and oxygen atoms in total. The zero-order valence-electron chi connectivity index (χ0n) is 20.4. The highest BCUT2D eigenvalue weighted by Crippen LogP contribution is 2.43. The predicted molar refractivity (Wildman–Crippen MR) is 143 cm³/mol. The molecule has 0 spiro atoms. The van der Waals surface area contributed by atoms with Crippen molar-refractivity contribution >= 4 is 40.2 Å². The third-order valence-electron chi connectivity index (χ3n) is 7.78. The van der Waals surface area contributed by atoms with E-state index in [4.69, 9.17) is 0 Å². The summed E-state index contributed by atoms with van der Waals surface area (Å²) in [5, 5.41) is 9.66. The summed E-state index contributed by atoms with van der Waals surface area (Å²) in [6.45, 7) is 11.3. The summed E-state index contributed by atoms with van der Waals surface area (Å²) < 4.78 is 0. The lowest BCUT2D eigenvalue weighted by Gasteiger charge is -2.46. The molecule has 164 valence electrons. The summed E-state index contributed by atoms with van der Waals surface area (Å²) in [7, 11) is 0. The zero-order chi connectivity index (χ0) is 23.8. The molecule has 0 radical (unpaired) electrons. The van der Waals surface area contributed by atoms with Crippen molar-refractivity contribution in [2.45, 2.75) is 40.0 Å². The molecule has 0 unspecified atom stereocenters. The molecule has 0 saturated heterocycles. The molecule has 4 aromatic carbocycles. The Kier molecular flexibility index (Phi) is 4.36. The van der Waals surface area contributed by atoms with Gasteiger partial charge in [-0.1, -0.05) is 66.8 Å². The van der Waals surface area contributed by atoms with Gasteiger partial charge in [-0.2, -0.15) is 5.26 Å². The Balaban J connectivity index is 1.75. The molecule has 0 atom stereocenters. The standard InChI is InChI=1S/C31H27BN2/c1-19-6-11-23(12-7-19)34-27-14-8-20(2)16-26(27)32-25-13-10-22(18-33)17-24(25)31(4,5)29-21(3)9-15-28(34)30(29)32/h6-17H,1-5H3. The number of benzene rings is 4. The van der Waals surface area contributed by atoms with Crippen molar-refractivity contribution in [1.82, 2.24) is 0 Å². The minimum Gasteiger partial charge on any atom is -0.312 e. The van der Waals surface area contributed by atoms with Crippen molar-refractivity contribution in [2.24, 2.45) is 0 Å². The fraction of sp³-hybridized carbons (Fsp3) is 0.194. The predicted octanol–water partition coefficient (Wildman–Crippen LogP) is 5.42. The quantitative estimate of drug-likeness (QED) is 0.327. The summed E-state index contributed by atoms with van der Waals surface area (Å²) in [6.07, 6.45) is 0. The summed E-state index contributed by atoms with van der Waals surface area (Å²) in [5.41, 5.74) is 14.7. The number of nitrogens with zero attached hydrogens (tertiary/aromatic N) is 2. The van der Waals surface area contributed by atoms with Crippen molar-refractivity contribution in [3.63, 3.8) is 0 Å². The highest BCUT2D eigenvalue weighted by Gasteiger charge is 2.46. The molecule has 34 heavy (non-hydrogen) atoms. The molecule has 0 fully saturated rings. The second kappa shape index (κ2) is 7.11. The van der Waals surface area contributed by atoms with E-state index in [0.717, 1.165) is 5.56 Å². The molecule has 0 N–H and O–H groups in total. The average Bonchev–Trinajstić information content (AvgIpc) is 2.82. The average molecular weight is 438 g/mol. The lowest BCUT2D eigenvalue weighted by Crippen LogP contribution is -2.64. The molecular formula is C31H27BN2. The van der Waals surface area contributed by atoms with Crippen molar-refractivity contribution in [3.05, 3.63) is 106 Å². The first kappa shape index (κ1) is 20.8. The van der Waals surface area contributed by atoms with Gasteiger partial charge in [0.05, 0.1) is 11.6 Å². The highest BCUT2D eigenvalue weighted by molar-refractivity contribution is 6.99. The SMILES string of the molecule is Cc1ccc(N2c3ccc(C)cc3B3c4ccc(C#N)cc4C(C)(C)c4c(C)ccc2c43)cc1. The number of hydrogen-bond acceptors (Lipinski definition) is 2. The van der Waals surface area contributed by atoms with Gasteiger partial charge in [-0.3, -0.25) is 0 Å². The van der Waals surface area contributed by atoms with Crippen molar-refractivity contribution in [1.29, 1.82) is 5.26 Å². The summed E-state index contributed by atoms with van der Waals surface area (Å²) in [5.74, 6) is 0. The van der Waals surface area contributed by atoms with Crippen LogP contribution < -0.4 is 21.3 Å². The number of rotatable bonds is 1. The molecule has 0 aliphatic carbocycles. The van der Waals surface area contributed by atoms with Crippen LogP contribution in [0.4, 0.5) is 17.1 Å². The molecule has 4 aromatic rings. The van der Waals surface area contributed by atoms with Gasteiger partial charge in [0.15, 0.2) is 0 Å². The van der Waals surface area contributed by atoms with Crippen LogP contribution in [0.15, 0.2) is 72.8 Å². The summed E-state index contributed by atoms with van der Waals surface area (Å²) in [6, 6.07) is 28.9. The fourth-order valence-corrected chi connectivity index (χ4v) is 6.28. The zero-order valence-corrected chi connectivity index (χ0v) is 20.4. The Morgan fingerprint density at radius 1 is 0.765 bits per heavy atom. The number of hydrogen-bond donors (Lipinski definition) is 0. The third kappa shape index (κ3) is 2.75. The van der Waals surface area contributed by atoms with Gasteiger partial charge >= 0.3 is 0 Å². The maximum Gasteiger partial charge on any atom is 0.247 e. The molecule has 0 bridgehead atoms. The van der Waals surface area contributed by atoms with Gasteiger partial charge in [-0.05, 0) is 84.8 Å². The number of fused-ring (bicyclic) bond motifs is 4. The molecule has 0 aromatic heterocycles. The van der Waals surface area contributed by atoms with Gasteiger partial charge in [-0.25, -0.2) is 0 Å². The molecule has 2 heterocycles. The van der Waals surface area contributed by atoms with Gasteiger partial charge in [0, 0.05) is 22.5 Å². The first-order valence-corrected chi connectivity index (χ1v) is 12.0. The normalized spacial score (nSPS) is 14.7. The largest absolute Gasteiger partial charge is 0.312 e. The van der Waals surface area contributed by atoms with Crippen LogP contribution in [-0.4, -0.2) is 6.71 Å². The maximum atomic E-state index is 9.66. The first-order valence-electron chi connectivity index (χ1n) is 12.0. The van der Waals surface area contributed by atoms with E-state index in [2.05, 4.69) is 112 Å². The van der Waals surface area contributed by atoms with Crippen LogP contribution in [0.5, 0.6) is 0 Å². The van der Waals surface area contributed by atoms with Crippen LogP contribution in [0, 0.1) is 32.1 Å². The first-order chi connectivity index (χ1) is 16.3. The monoisotopic (exact) mass is 438 g/mol. The molecule has 0 amide bonds. The van der Waals surface area contributed by atoms with E-state index in [9.17, 15) is 5.26 Å². The Hall–Kier alpha value is -3.77. The molecule has 0 saturated carbocycles. The van der Waals surface area contributed by atoms with Crippen LogP contribution in [0.1, 0.15) is 47.2 Å². The molecule has 3 heteroatoms. The van der Waals surface area contributed by atoms with Gasteiger partial charge in [0.1, 0.15) is 0 Å². The Morgan fingerprint density at radius 3 is 2.21 bits per heavy atom. The fourth-order valence-electron chi connectivity index (χ4n) is 6.28. The van der Waals surface area contributed by atoms with Gasteiger partial charge in [-0.15, -0.1) is 0 Å². The van der Waals surface area contributed by atoms with Gasteiger partial charge in [0.2, 0.25) is 6.71 Å². The van der Waals surface area contributed by atoms with E-state index in [-0.39, 0.29) is 12.1 Å². The lowest BCUT2D eigenvalue weighted by molar-refractivity contribution is 0.641. The number of nitriles is 1. The minimum atomic E-state index is -0.200. The van der Waals surface area contributed by atoms with E-state index < -0.39 is 0 Å². The minimum absolute atomic E-state index is 0.150. The topological polar surface area (TPSA) is 27.0 Å².